The molecule has 1 saturated carbocycles. The van der Waals surface area contributed by atoms with Crippen molar-refractivity contribution in [3.05, 3.63) is 18.1 Å². The summed E-state index contributed by atoms with van der Waals surface area (Å²) in [4.78, 5) is 26.0. The van der Waals surface area contributed by atoms with Gasteiger partial charge in [0.05, 0.1) is 12.2 Å². The van der Waals surface area contributed by atoms with Gasteiger partial charge in [-0.2, -0.15) is 5.10 Å². The Labute approximate surface area is 160 Å². The summed E-state index contributed by atoms with van der Waals surface area (Å²) in [6, 6.07) is 0. The predicted molar refractivity (Wildman–Crippen MR) is 104 cm³/mol. The van der Waals surface area contributed by atoms with Gasteiger partial charge in [-0.25, -0.2) is 14.6 Å². The van der Waals surface area contributed by atoms with E-state index >= 15 is 0 Å². The van der Waals surface area contributed by atoms with Crippen LogP contribution in [0.3, 0.4) is 0 Å². The third kappa shape index (κ3) is 3.98. The highest BCUT2D eigenvalue weighted by Gasteiger charge is 2.32. The van der Waals surface area contributed by atoms with Crippen LogP contribution >= 0.6 is 0 Å². The summed E-state index contributed by atoms with van der Waals surface area (Å²) in [5.41, 5.74) is 2.75. The molecule has 2 aliphatic rings. The quantitative estimate of drug-likeness (QED) is 0.780. The van der Waals surface area contributed by atoms with E-state index in [1.165, 1.54) is 25.7 Å². The predicted octanol–water partition coefficient (Wildman–Crippen LogP) is 2.28. The van der Waals surface area contributed by atoms with Crippen LogP contribution in [0, 0.1) is 5.92 Å². The Bertz CT molecular complexity index is 795. The second-order valence-corrected chi connectivity index (χ2v) is 8.32. The number of carbonyl (C=O) groups is 1. The molecule has 1 aliphatic carbocycles. The molecule has 4 rings (SSSR count). The highest BCUT2D eigenvalue weighted by atomic mass is 16.2. The van der Waals surface area contributed by atoms with Gasteiger partial charge in [-0.1, -0.05) is 12.8 Å². The highest BCUT2D eigenvalue weighted by Crippen LogP contribution is 2.33. The number of hydrogen-bond acceptors (Lipinski definition) is 5. The molecule has 7 heteroatoms. The molecule has 146 valence electrons. The molecule has 0 bridgehead atoms. The van der Waals surface area contributed by atoms with Crippen molar-refractivity contribution in [2.45, 2.75) is 51.0 Å². The van der Waals surface area contributed by atoms with Crippen LogP contribution < -0.4 is 0 Å². The van der Waals surface area contributed by atoms with E-state index in [0.717, 1.165) is 55.9 Å². The molecular weight excluding hydrogens is 340 g/mol. The molecule has 0 aromatic carbocycles. The fourth-order valence-electron chi connectivity index (χ4n) is 4.45. The first-order chi connectivity index (χ1) is 13.1. The molecule has 0 N–H and O–H groups in total. The van der Waals surface area contributed by atoms with E-state index in [1.54, 1.807) is 12.4 Å². The van der Waals surface area contributed by atoms with E-state index in [9.17, 15) is 4.79 Å². The molecule has 2 aromatic rings. The van der Waals surface area contributed by atoms with E-state index in [1.807, 2.05) is 9.58 Å². The third-order valence-corrected chi connectivity index (χ3v) is 6.02. The van der Waals surface area contributed by atoms with Crippen molar-refractivity contribution < 1.29 is 4.79 Å². The summed E-state index contributed by atoms with van der Waals surface area (Å²) in [5.74, 6) is 1.19. The van der Waals surface area contributed by atoms with E-state index in [-0.39, 0.29) is 5.92 Å². The van der Waals surface area contributed by atoms with Gasteiger partial charge in [-0.05, 0) is 39.3 Å². The van der Waals surface area contributed by atoms with Gasteiger partial charge in [0.1, 0.15) is 5.52 Å². The zero-order valence-electron chi connectivity index (χ0n) is 16.5. The first kappa shape index (κ1) is 18.3. The smallest absolute Gasteiger partial charge is 0.222 e. The van der Waals surface area contributed by atoms with Crippen molar-refractivity contribution in [2.24, 2.45) is 5.92 Å². The van der Waals surface area contributed by atoms with Gasteiger partial charge < -0.3 is 9.80 Å². The number of amides is 1. The lowest BCUT2D eigenvalue weighted by atomic mass is 10.0. The number of carbonyl (C=O) groups excluding carboxylic acids is 1. The summed E-state index contributed by atoms with van der Waals surface area (Å²) < 4.78 is 1.97. The van der Waals surface area contributed by atoms with E-state index in [4.69, 9.17) is 5.10 Å². The van der Waals surface area contributed by atoms with Gasteiger partial charge in [-0.15, -0.1) is 0 Å². The van der Waals surface area contributed by atoms with Gasteiger partial charge in [0.2, 0.25) is 5.91 Å². The maximum Gasteiger partial charge on any atom is 0.222 e. The van der Waals surface area contributed by atoms with E-state index in [0.29, 0.717) is 11.8 Å². The van der Waals surface area contributed by atoms with Crippen LogP contribution in [0.4, 0.5) is 0 Å². The Kier molecular flexibility index (Phi) is 5.38. The number of fused-ring (bicyclic) bond motifs is 1. The molecule has 1 atom stereocenters. The van der Waals surface area contributed by atoms with Crippen LogP contribution in [0.25, 0.3) is 11.2 Å². The number of aromatic nitrogens is 4. The first-order valence-corrected chi connectivity index (χ1v) is 10.2. The van der Waals surface area contributed by atoms with Crippen LogP contribution in [0.15, 0.2) is 12.4 Å². The van der Waals surface area contributed by atoms with Crippen molar-refractivity contribution in [3.8, 4) is 0 Å². The summed E-state index contributed by atoms with van der Waals surface area (Å²) >= 11 is 0. The van der Waals surface area contributed by atoms with Crippen molar-refractivity contribution in [2.75, 3.05) is 33.7 Å². The van der Waals surface area contributed by atoms with E-state index in [2.05, 4.69) is 29.0 Å². The Morgan fingerprint density at radius 2 is 1.96 bits per heavy atom. The second-order valence-electron chi connectivity index (χ2n) is 8.32. The standard InChI is InChI=1S/C20H30N6O/c1-24(2)11-12-26-20-19(21-8-9-22-20)18(23-26)16-7-10-25(14-16)17(27)13-15-5-3-4-6-15/h8-9,15-16H,3-7,10-14H2,1-2H3/t16-/m1/s1. The van der Waals surface area contributed by atoms with Crippen LogP contribution in [-0.4, -0.2) is 69.2 Å². The van der Waals surface area contributed by atoms with Gasteiger partial charge >= 0.3 is 0 Å². The highest BCUT2D eigenvalue weighted by molar-refractivity contribution is 5.78. The number of rotatable bonds is 6. The number of nitrogens with zero attached hydrogens (tertiary/aromatic N) is 6. The molecule has 0 spiro atoms. The number of likely N-dealkylation sites (tertiary alicyclic amines) is 1. The monoisotopic (exact) mass is 370 g/mol. The fraction of sp³-hybridized carbons (Fsp3) is 0.700. The maximum atomic E-state index is 12.7. The first-order valence-electron chi connectivity index (χ1n) is 10.2. The molecule has 1 aliphatic heterocycles. The lowest BCUT2D eigenvalue weighted by Gasteiger charge is -2.18. The zero-order chi connectivity index (χ0) is 18.8. The molecule has 1 saturated heterocycles. The van der Waals surface area contributed by atoms with E-state index < -0.39 is 0 Å². The summed E-state index contributed by atoms with van der Waals surface area (Å²) in [6.45, 7) is 3.30. The SMILES string of the molecule is CN(C)CCn1nc([C@@H]2CCN(C(=O)CC3CCCC3)C2)c2nccnc21. The minimum atomic E-state index is 0.261. The van der Waals surface area contributed by atoms with Gasteiger partial charge in [-0.3, -0.25) is 4.79 Å². The van der Waals surface area contributed by atoms with Crippen molar-refractivity contribution in [3.63, 3.8) is 0 Å². The Morgan fingerprint density at radius 3 is 2.74 bits per heavy atom. The average Bonchev–Trinajstić information content (AvgIpc) is 3.39. The van der Waals surface area contributed by atoms with Crippen LogP contribution in [-0.2, 0) is 11.3 Å². The lowest BCUT2D eigenvalue weighted by molar-refractivity contribution is -0.131. The summed E-state index contributed by atoms with van der Waals surface area (Å²) in [6.07, 6.45) is 10.2. The molecule has 1 amide bonds. The molecule has 0 unspecified atom stereocenters. The fourth-order valence-corrected chi connectivity index (χ4v) is 4.45. The molecule has 0 radical (unpaired) electrons. The van der Waals surface area contributed by atoms with Crippen LogP contribution in [0.5, 0.6) is 0 Å². The van der Waals surface area contributed by atoms with Crippen molar-refractivity contribution in [1.29, 1.82) is 0 Å². The van der Waals surface area contributed by atoms with Crippen LogP contribution in [0.1, 0.15) is 50.1 Å². The largest absolute Gasteiger partial charge is 0.342 e. The topological polar surface area (TPSA) is 67.2 Å². The minimum absolute atomic E-state index is 0.261. The van der Waals surface area contributed by atoms with Gasteiger partial charge in [0.25, 0.3) is 0 Å². The maximum absolute atomic E-state index is 12.7. The molecule has 2 fully saturated rings. The normalized spacial score (nSPS) is 21.0. The van der Waals surface area contributed by atoms with Crippen molar-refractivity contribution in [1.82, 2.24) is 29.5 Å². The van der Waals surface area contributed by atoms with Gasteiger partial charge in [0, 0.05) is 44.4 Å². The van der Waals surface area contributed by atoms with Crippen molar-refractivity contribution >= 4 is 17.1 Å². The molecular formula is C20H30N6O. The van der Waals surface area contributed by atoms with Crippen LogP contribution in [0.2, 0.25) is 0 Å². The lowest BCUT2D eigenvalue weighted by Crippen LogP contribution is -2.29. The molecule has 2 aromatic heterocycles. The Morgan fingerprint density at radius 1 is 1.19 bits per heavy atom. The molecule has 7 nitrogen and oxygen atoms in total. The molecule has 3 heterocycles. The third-order valence-electron chi connectivity index (χ3n) is 6.02. The number of likely N-dealkylation sites (N-methyl/N-ethyl adjacent to an activating group) is 1. The Balaban J connectivity index is 1.48. The minimum Gasteiger partial charge on any atom is -0.342 e. The van der Waals surface area contributed by atoms with Gasteiger partial charge in [0.15, 0.2) is 5.65 Å². The second kappa shape index (κ2) is 7.92. The number of hydrogen-bond donors (Lipinski definition) is 0. The molecule has 27 heavy (non-hydrogen) atoms. The zero-order valence-corrected chi connectivity index (χ0v) is 16.5. The Hall–Kier alpha value is -2.02. The summed E-state index contributed by atoms with van der Waals surface area (Å²) in [5, 5.41) is 4.87. The summed E-state index contributed by atoms with van der Waals surface area (Å²) in [7, 11) is 4.12. The average molecular weight is 371 g/mol.